The third-order valence-corrected chi connectivity index (χ3v) is 4.67. The van der Waals surface area contributed by atoms with Crippen molar-refractivity contribution in [3.63, 3.8) is 0 Å². The van der Waals surface area contributed by atoms with Gasteiger partial charge in [-0.15, -0.1) is 0 Å². The maximum absolute atomic E-state index is 12.5. The molecule has 0 bridgehead atoms. The topological polar surface area (TPSA) is 66.8 Å². The molecule has 2 aromatic rings. The van der Waals surface area contributed by atoms with Gasteiger partial charge in [0.25, 0.3) is 0 Å². The molecule has 1 aliphatic heterocycles. The Morgan fingerprint density at radius 3 is 2.38 bits per heavy atom. The predicted molar refractivity (Wildman–Crippen MR) is 97.8 cm³/mol. The zero-order chi connectivity index (χ0) is 18.4. The van der Waals surface area contributed by atoms with E-state index in [1.807, 2.05) is 36.4 Å². The van der Waals surface area contributed by atoms with Crippen molar-refractivity contribution in [2.45, 2.75) is 38.0 Å². The van der Waals surface area contributed by atoms with E-state index in [2.05, 4.69) is 0 Å². The Labute approximate surface area is 153 Å². The number of Topliss-reactive ketones (excluding diaryl/α,β-unsaturated/α-hetero) is 1. The quantitative estimate of drug-likeness (QED) is 0.837. The van der Waals surface area contributed by atoms with Crippen molar-refractivity contribution in [1.29, 1.82) is 0 Å². The highest BCUT2D eigenvalue weighted by molar-refractivity contribution is 5.96. The number of rotatable bonds is 5. The molecule has 0 radical (unpaired) electrons. The van der Waals surface area contributed by atoms with E-state index in [0.717, 1.165) is 5.56 Å². The lowest BCUT2D eigenvalue weighted by molar-refractivity contribution is 0.00184. The first-order chi connectivity index (χ1) is 12.6. The smallest absolute Gasteiger partial charge is 0.410 e. The maximum Gasteiger partial charge on any atom is 0.410 e. The van der Waals surface area contributed by atoms with Gasteiger partial charge in [-0.25, -0.2) is 4.79 Å². The first-order valence-electron chi connectivity index (χ1n) is 8.89. The van der Waals surface area contributed by atoms with Gasteiger partial charge in [-0.3, -0.25) is 4.79 Å². The number of aliphatic hydroxyl groups is 1. The van der Waals surface area contributed by atoms with Gasteiger partial charge in [0.1, 0.15) is 6.61 Å². The van der Waals surface area contributed by atoms with Crippen molar-refractivity contribution in [1.82, 2.24) is 4.90 Å². The molecule has 0 aliphatic carbocycles. The second-order valence-electron chi connectivity index (χ2n) is 6.50. The first kappa shape index (κ1) is 18.1. The molecule has 136 valence electrons. The van der Waals surface area contributed by atoms with Gasteiger partial charge in [-0.05, 0) is 18.4 Å². The van der Waals surface area contributed by atoms with Crippen molar-refractivity contribution >= 4 is 11.9 Å². The zero-order valence-corrected chi connectivity index (χ0v) is 14.6. The van der Waals surface area contributed by atoms with Gasteiger partial charge in [-0.2, -0.15) is 0 Å². The van der Waals surface area contributed by atoms with Gasteiger partial charge < -0.3 is 14.7 Å². The molecule has 0 spiro atoms. The standard InChI is InChI=1S/C21H23NO4/c23-19-12-7-13-22(21(25)26-15-16-8-3-1-4-9-16)18(19)14-20(24)17-10-5-2-6-11-17/h1-6,8-11,18-19,23H,7,12-15H2/t18-,19-/m1/s1. The van der Waals surface area contributed by atoms with E-state index >= 15 is 0 Å². The Kier molecular flexibility index (Phi) is 6.02. The van der Waals surface area contributed by atoms with Crippen LogP contribution in [0.5, 0.6) is 0 Å². The number of amides is 1. The summed E-state index contributed by atoms with van der Waals surface area (Å²) in [5.74, 6) is -0.0857. The minimum Gasteiger partial charge on any atom is -0.445 e. The van der Waals surface area contributed by atoms with E-state index in [9.17, 15) is 14.7 Å². The zero-order valence-electron chi connectivity index (χ0n) is 14.6. The lowest BCUT2D eigenvalue weighted by Crippen LogP contribution is -2.52. The molecule has 0 unspecified atom stereocenters. The highest BCUT2D eigenvalue weighted by Gasteiger charge is 2.35. The number of likely N-dealkylation sites (tertiary alicyclic amines) is 1. The van der Waals surface area contributed by atoms with Gasteiger partial charge in [0.2, 0.25) is 0 Å². The molecule has 1 N–H and O–H groups in total. The number of hydrogen-bond donors (Lipinski definition) is 1. The molecule has 2 aromatic carbocycles. The van der Waals surface area contributed by atoms with Crippen LogP contribution in [0.4, 0.5) is 4.79 Å². The molecule has 1 saturated heterocycles. The molecule has 2 atom stereocenters. The molecular weight excluding hydrogens is 330 g/mol. The number of nitrogens with zero attached hydrogens (tertiary/aromatic N) is 1. The summed E-state index contributed by atoms with van der Waals surface area (Å²) in [5.41, 5.74) is 1.48. The normalized spacial score (nSPS) is 19.8. The van der Waals surface area contributed by atoms with Gasteiger partial charge in [0.05, 0.1) is 12.1 Å². The van der Waals surface area contributed by atoms with Crippen LogP contribution in [0.25, 0.3) is 0 Å². The lowest BCUT2D eigenvalue weighted by Gasteiger charge is -2.38. The fourth-order valence-electron chi connectivity index (χ4n) is 3.24. The van der Waals surface area contributed by atoms with Gasteiger partial charge >= 0.3 is 6.09 Å². The van der Waals surface area contributed by atoms with Crippen LogP contribution < -0.4 is 0 Å². The van der Waals surface area contributed by atoms with Crippen LogP contribution in [0, 0.1) is 0 Å². The highest BCUT2D eigenvalue weighted by Crippen LogP contribution is 2.23. The Hall–Kier alpha value is -2.66. The number of aliphatic hydroxyl groups excluding tert-OH is 1. The second-order valence-corrected chi connectivity index (χ2v) is 6.50. The average Bonchev–Trinajstić information content (AvgIpc) is 2.69. The monoisotopic (exact) mass is 353 g/mol. The largest absolute Gasteiger partial charge is 0.445 e. The van der Waals surface area contributed by atoms with Crippen molar-refractivity contribution in [3.8, 4) is 0 Å². The molecular formula is C21H23NO4. The molecule has 1 aliphatic rings. The fourth-order valence-corrected chi connectivity index (χ4v) is 3.24. The third kappa shape index (κ3) is 4.49. The van der Waals surface area contributed by atoms with E-state index in [1.54, 1.807) is 24.3 Å². The molecule has 0 saturated carbocycles. The summed E-state index contributed by atoms with van der Waals surface area (Å²) in [5, 5.41) is 10.4. The van der Waals surface area contributed by atoms with Gasteiger partial charge in [0.15, 0.2) is 5.78 Å². The summed E-state index contributed by atoms with van der Waals surface area (Å²) in [4.78, 5) is 26.5. The van der Waals surface area contributed by atoms with Crippen LogP contribution in [-0.2, 0) is 11.3 Å². The van der Waals surface area contributed by atoms with Gasteiger partial charge in [0, 0.05) is 18.5 Å². The summed E-state index contributed by atoms with van der Waals surface area (Å²) >= 11 is 0. The van der Waals surface area contributed by atoms with E-state index in [1.165, 1.54) is 4.90 Å². The molecule has 0 aromatic heterocycles. The van der Waals surface area contributed by atoms with E-state index in [-0.39, 0.29) is 18.8 Å². The van der Waals surface area contributed by atoms with Gasteiger partial charge in [-0.1, -0.05) is 60.7 Å². The van der Waals surface area contributed by atoms with Crippen LogP contribution in [-0.4, -0.2) is 40.6 Å². The third-order valence-electron chi connectivity index (χ3n) is 4.67. The van der Waals surface area contributed by atoms with E-state index in [0.29, 0.717) is 24.9 Å². The Bertz CT molecular complexity index is 732. The molecule has 1 amide bonds. The summed E-state index contributed by atoms with van der Waals surface area (Å²) in [6.07, 6.45) is 0.150. The molecule has 3 rings (SSSR count). The number of ether oxygens (including phenoxy) is 1. The van der Waals surface area contributed by atoms with Crippen molar-refractivity contribution in [2.75, 3.05) is 6.54 Å². The Morgan fingerprint density at radius 2 is 1.69 bits per heavy atom. The minimum absolute atomic E-state index is 0.0857. The summed E-state index contributed by atoms with van der Waals surface area (Å²) in [7, 11) is 0. The SMILES string of the molecule is O=C(C[C@@H]1[C@H](O)CCCN1C(=O)OCc1ccccc1)c1ccccc1. The predicted octanol–water partition coefficient (Wildman–Crippen LogP) is 3.42. The molecule has 1 heterocycles. The number of piperidine rings is 1. The summed E-state index contributed by atoms with van der Waals surface area (Å²) < 4.78 is 5.40. The fraction of sp³-hybridized carbons (Fsp3) is 0.333. The average molecular weight is 353 g/mol. The first-order valence-corrected chi connectivity index (χ1v) is 8.89. The number of ketones is 1. The number of hydrogen-bond acceptors (Lipinski definition) is 4. The summed E-state index contributed by atoms with van der Waals surface area (Å²) in [6.45, 7) is 0.656. The van der Waals surface area contributed by atoms with Crippen LogP contribution in [0.2, 0.25) is 0 Å². The summed E-state index contributed by atoms with van der Waals surface area (Å²) in [6, 6.07) is 17.8. The van der Waals surface area contributed by atoms with Crippen molar-refractivity contribution < 1.29 is 19.4 Å². The van der Waals surface area contributed by atoms with Crippen molar-refractivity contribution in [2.24, 2.45) is 0 Å². The lowest BCUT2D eigenvalue weighted by atomic mass is 9.93. The van der Waals surface area contributed by atoms with Crippen LogP contribution in [0.15, 0.2) is 60.7 Å². The number of benzene rings is 2. The highest BCUT2D eigenvalue weighted by atomic mass is 16.6. The Balaban J connectivity index is 1.65. The van der Waals surface area contributed by atoms with E-state index < -0.39 is 18.2 Å². The van der Waals surface area contributed by atoms with Crippen LogP contribution in [0.1, 0.15) is 35.2 Å². The molecule has 5 heteroatoms. The maximum atomic E-state index is 12.5. The molecule has 1 fully saturated rings. The molecule has 5 nitrogen and oxygen atoms in total. The number of carbonyl (C=O) groups is 2. The second kappa shape index (κ2) is 8.63. The van der Waals surface area contributed by atoms with Crippen LogP contribution >= 0.6 is 0 Å². The van der Waals surface area contributed by atoms with Crippen LogP contribution in [0.3, 0.4) is 0 Å². The Morgan fingerprint density at radius 1 is 1.04 bits per heavy atom. The molecule has 26 heavy (non-hydrogen) atoms. The van der Waals surface area contributed by atoms with Crippen molar-refractivity contribution in [3.05, 3.63) is 71.8 Å². The minimum atomic E-state index is -0.722. The number of carbonyl (C=O) groups excluding carboxylic acids is 2. The van der Waals surface area contributed by atoms with E-state index in [4.69, 9.17) is 4.74 Å².